The maximum absolute atomic E-state index is 13.0. The molecule has 1 unspecified atom stereocenters. The van der Waals surface area contributed by atoms with Crippen LogP contribution in [0, 0.1) is 24.0 Å². The molecular weight excluding hydrogens is 232 g/mol. The second-order valence-corrected chi connectivity index (χ2v) is 4.67. The van der Waals surface area contributed by atoms with E-state index < -0.39 is 11.6 Å². The topological polar surface area (TPSA) is 12.0 Å². The molecule has 1 N–H and O–H groups in total. The summed E-state index contributed by atoms with van der Waals surface area (Å²) in [5.41, 5.74) is 2.81. The average Bonchev–Trinajstić information content (AvgIpc) is 2.23. The van der Waals surface area contributed by atoms with E-state index in [1.54, 1.807) is 0 Å². The van der Waals surface area contributed by atoms with Gasteiger partial charge in [0.1, 0.15) is 11.6 Å². The number of hydrogen-bond donors (Lipinski definition) is 1. The van der Waals surface area contributed by atoms with Gasteiger partial charge in [-0.3, -0.25) is 0 Å². The van der Waals surface area contributed by atoms with E-state index >= 15 is 0 Å². The van der Waals surface area contributed by atoms with Crippen LogP contribution in [0.1, 0.15) is 13.8 Å². The van der Waals surface area contributed by atoms with Crippen LogP contribution in [0.2, 0.25) is 0 Å². The smallest absolute Gasteiger partial charge is 0.128 e. The quantitative estimate of drug-likeness (QED) is 0.849. The molecule has 95 valence electrons. The van der Waals surface area contributed by atoms with Crippen LogP contribution in [-0.4, -0.2) is 6.54 Å². The van der Waals surface area contributed by atoms with Crippen LogP contribution < -0.4 is 5.32 Å². The van der Waals surface area contributed by atoms with E-state index in [1.807, 2.05) is 6.92 Å². The van der Waals surface area contributed by atoms with Gasteiger partial charge >= 0.3 is 0 Å². The lowest BCUT2D eigenvalue weighted by atomic mass is 9.92. The highest BCUT2D eigenvalue weighted by Gasteiger charge is 2.09. The van der Waals surface area contributed by atoms with Gasteiger partial charge in [-0.1, -0.05) is 24.6 Å². The average molecular weight is 248 g/mol. The Bertz CT molecular complexity index is 483. The van der Waals surface area contributed by atoms with Crippen LogP contribution in [-0.2, 0) is 0 Å². The Morgan fingerprint density at radius 2 is 1.83 bits per heavy atom. The van der Waals surface area contributed by atoms with Gasteiger partial charge in [-0.15, -0.1) is 0 Å². The van der Waals surface area contributed by atoms with Gasteiger partial charge in [-0.05, 0) is 37.0 Å². The first kappa shape index (κ1) is 12.8. The van der Waals surface area contributed by atoms with E-state index in [4.69, 9.17) is 0 Å². The minimum absolute atomic E-state index is 0.399. The second-order valence-electron chi connectivity index (χ2n) is 4.67. The molecule has 0 saturated heterocycles. The maximum atomic E-state index is 13.0. The van der Waals surface area contributed by atoms with Gasteiger partial charge in [0.2, 0.25) is 0 Å². The molecule has 0 spiro atoms. The summed E-state index contributed by atoms with van der Waals surface area (Å²) >= 11 is 0. The molecule has 0 aliphatic heterocycles. The third-order valence-electron chi connectivity index (χ3n) is 2.78. The monoisotopic (exact) mass is 248 g/mol. The van der Waals surface area contributed by atoms with Gasteiger partial charge in [0.05, 0.1) is 0 Å². The van der Waals surface area contributed by atoms with Gasteiger partial charge < -0.3 is 5.32 Å². The number of benzene rings is 1. The Hall–Kier alpha value is -1.64. The van der Waals surface area contributed by atoms with Crippen molar-refractivity contribution in [2.45, 2.75) is 13.8 Å². The molecule has 0 fully saturated rings. The molecule has 1 aromatic carbocycles. The third kappa shape index (κ3) is 3.42. The van der Waals surface area contributed by atoms with Gasteiger partial charge in [0, 0.05) is 18.3 Å². The van der Waals surface area contributed by atoms with E-state index in [2.05, 4.69) is 30.8 Å². The highest BCUT2D eigenvalue weighted by molar-refractivity contribution is 5.47. The number of nitrogens with one attached hydrogen (secondary N) is 1. The Morgan fingerprint density at radius 3 is 2.44 bits per heavy atom. The fourth-order valence-corrected chi connectivity index (χ4v) is 2.16. The van der Waals surface area contributed by atoms with Crippen LogP contribution in [0.3, 0.4) is 0 Å². The summed E-state index contributed by atoms with van der Waals surface area (Å²) in [6.45, 7) is 4.72. The highest BCUT2D eigenvalue weighted by Crippen LogP contribution is 2.21. The molecule has 1 atom stereocenters. The normalized spacial score (nSPS) is 19.2. The Labute approximate surface area is 106 Å². The Balaban J connectivity index is 2.03. The first-order valence-electron chi connectivity index (χ1n) is 5.97. The van der Waals surface area contributed by atoms with Crippen LogP contribution in [0.15, 0.2) is 41.5 Å². The summed E-state index contributed by atoms with van der Waals surface area (Å²) in [5.74, 6) is -0.733. The van der Waals surface area contributed by atoms with Crippen molar-refractivity contribution in [1.29, 1.82) is 0 Å². The van der Waals surface area contributed by atoms with Gasteiger partial charge in [0.15, 0.2) is 0 Å². The largest absolute Gasteiger partial charge is 0.381 e. The summed E-state index contributed by atoms with van der Waals surface area (Å²) < 4.78 is 26.0. The molecule has 1 nitrogen and oxygen atoms in total. The van der Waals surface area contributed by atoms with Crippen molar-refractivity contribution in [1.82, 2.24) is 0 Å². The van der Waals surface area contributed by atoms with Gasteiger partial charge in [-0.2, -0.15) is 0 Å². The van der Waals surface area contributed by atoms with Gasteiger partial charge in [-0.25, -0.2) is 8.78 Å². The van der Waals surface area contributed by atoms with Crippen molar-refractivity contribution in [2.24, 2.45) is 5.92 Å². The number of hydrogen-bond acceptors (Lipinski definition) is 1. The number of anilines is 1. The number of allylic oxidation sites excluding steroid dienone is 2. The van der Waals surface area contributed by atoms with E-state index in [-0.39, 0.29) is 0 Å². The molecule has 3 heteroatoms. The molecule has 18 heavy (non-hydrogen) atoms. The Kier molecular flexibility index (Phi) is 3.80. The van der Waals surface area contributed by atoms with Crippen LogP contribution in [0.5, 0.6) is 0 Å². The minimum atomic E-state index is -0.566. The molecule has 0 amide bonds. The molecule has 0 bridgehead atoms. The molecular formula is C15H16F2N. The van der Waals surface area contributed by atoms with E-state index in [0.717, 1.165) is 11.6 Å². The highest BCUT2D eigenvalue weighted by atomic mass is 19.1. The van der Waals surface area contributed by atoms with Crippen LogP contribution >= 0.6 is 0 Å². The molecule has 0 saturated carbocycles. The lowest BCUT2D eigenvalue weighted by molar-refractivity contribution is 0.584. The fraction of sp³-hybridized carbons (Fsp3) is 0.267. The predicted molar refractivity (Wildman–Crippen MR) is 70.2 cm³/mol. The zero-order valence-electron chi connectivity index (χ0n) is 10.5. The van der Waals surface area contributed by atoms with Crippen molar-refractivity contribution in [2.75, 3.05) is 11.9 Å². The Morgan fingerprint density at radius 1 is 1.17 bits per heavy atom. The first-order valence-corrected chi connectivity index (χ1v) is 5.97. The summed E-state index contributed by atoms with van der Waals surface area (Å²) in [6.07, 6.45) is 6.38. The van der Waals surface area contributed by atoms with E-state index in [0.29, 0.717) is 18.2 Å². The zero-order chi connectivity index (χ0) is 13.1. The van der Waals surface area contributed by atoms with Crippen molar-refractivity contribution in [3.05, 3.63) is 59.6 Å². The lowest BCUT2D eigenvalue weighted by Crippen LogP contribution is -2.09. The minimum Gasteiger partial charge on any atom is -0.381 e. The SMILES string of the molecule is CC1=CC(CNc2cc(F)cc(F)c2)=CC(C)[CH]1. The predicted octanol–water partition coefficient (Wildman–Crippen LogP) is 4.10. The molecule has 2 rings (SSSR count). The molecule has 1 radical (unpaired) electrons. The summed E-state index contributed by atoms with van der Waals surface area (Å²) in [4.78, 5) is 0. The summed E-state index contributed by atoms with van der Waals surface area (Å²) in [6, 6.07) is 3.45. The lowest BCUT2D eigenvalue weighted by Gasteiger charge is -2.17. The first-order chi connectivity index (χ1) is 8.52. The molecule has 1 aliphatic rings. The zero-order valence-corrected chi connectivity index (χ0v) is 10.5. The van der Waals surface area contributed by atoms with Crippen LogP contribution in [0.4, 0.5) is 14.5 Å². The maximum Gasteiger partial charge on any atom is 0.128 e. The van der Waals surface area contributed by atoms with Crippen molar-refractivity contribution < 1.29 is 8.78 Å². The van der Waals surface area contributed by atoms with Crippen LogP contribution in [0.25, 0.3) is 0 Å². The second kappa shape index (κ2) is 5.34. The van der Waals surface area contributed by atoms with Crippen molar-refractivity contribution in [3.63, 3.8) is 0 Å². The number of halogens is 2. The van der Waals surface area contributed by atoms with Crippen molar-refractivity contribution >= 4 is 5.69 Å². The van der Waals surface area contributed by atoms with Crippen molar-refractivity contribution in [3.8, 4) is 0 Å². The standard InChI is InChI=1S/C15H16F2N/c1-10-3-11(2)5-12(4-10)9-18-15-7-13(16)6-14(17)8-15/h3-8,10,18H,9H2,1-2H3. The molecule has 1 aromatic rings. The molecule has 0 heterocycles. The number of rotatable bonds is 3. The van der Waals surface area contributed by atoms with E-state index in [1.165, 1.54) is 17.7 Å². The summed E-state index contributed by atoms with van der Waals surface area (Å²) in [5, 5.41) is 3.03. The fourth-order valence-electron chi connectivity index (χ4n) is 2.16. The molecule has 0 aromatic heterocycles. The molecule has 1 aliphatic carbocycles. The van der Waals surface area contributed by atoms with Gasteiger partial charge in [0.25, 0.3) is 0 Å². The third-order valence-corrected chi connectivity index (χ3v) is 2.78. The van der Waals surface area contributed by atoms with E-state index in [9.17, 15) is 8.78 Å². The summed E-state index contributed by atoms with van der Waals surface area (Å²) in [7, 11) is 0.